The zero-order valence-electron chi connectivity index (χ0n) is 10.2. The molecule has 1 saturated heterocycles. The van der Waals surface area contributed by atoms with Crippen LogP contribution in [0.4, 0.5) is 5.69 Å². The molecule has 5 heteroatoms. The Morgan fingerprint density at radius 3 is 2.56 bits per heavy atom. The number of hydrogen-bond acceptors (Lipinski definition) is 4. The van der Waals surface area contributed by atoms with Gasteiger partial charge in [-0.25, -0.2) is 4.79 Å². The summed E-state index contributed by atoms with van der Waals surface area (Å²) in [5, 5.41) is 12.2. The first-order valence-corrected chi connectivity index (χ1v) is 5.91. The van der Waals surface area contributed by atoms with E-state index in [9.17, 15) is 14.7 Å². The van der Waals surface area contributed by atoms with Crippen molar-refractivity contribution in [3.63, 3.8) is 0 Å². The van der Waals surface area contributed by atoms with E-state index in [1.165, 1.54) is 6.92 Å². The molecule has 1 aliphatic rings. The van der Waals surface area contributed by atoms with E-state index in [4.69, 9.17) is 0 Å². The number of nitrogens with one attached hydrogen (secondary N) is 1. The maximum absolute atomic E-state index is 11.2. The molecule has 18 heavy (non-hydrogen) atoms. The molecule has 1 aromatic carbocycles. The van der Waals surface area contributed by atoms with E-state index in [0.717, 1.165) is 12.2 Å². The summed E-state index contributed by atoms with van der Waals surface area (Å²) >= 11 is 0. The number of ketones is 1. The lowest BCUT2D eigenvalue weighted by Gasteiger charge is -2.35. The van der Waals surface area contributed by atoms with Crippen molar-refractivity contribution in [3.8, 4) is 0 Å². The Bertz CT molecular complexity index is 456. The van der Waals surface area contributed by atoms with Gasteiger partial charge in [0.25, 0.3) is 0 Å². The Morgan fingerprint density at radius 2 is 2.00 bits per heavy atom. The zero-order valence-corrected chi connectivity index (χ0v) is 10.2. The molecule has 1 aromatic rings. The van der Waals surface area contributed by atoms with Gasteiger partial charge in [0.05, 0.1) is 0 Å². The number of carboxylic acid groups (broad SMARTS) is 1. The van der Waals surface area contributed by atoms with Crippen LogP contribution in [0.25, 0.3) is 0 Å². The maximum atomic E-state index is 11.2. The first-order valence-electron chi connectivity index (χ1n) is 5.91. The number of anilines is 1. The summed E-state index contributed by atoms with van der Waals surface area (Å²) < 4.78 is 0. The van der Waals surface area contributed by atoms with Crippen LogP contribution in [0.1, 0.15) is 17.3 Å². The summed E-state index contributed by atoms with van der Waals surface area (Å²) in [7, 11) is 0. The van der Waals surface area contributed by atoms with E-state index >= 15 is 0 Å². The van der Waals surface area contributed by atoms with Crippen molar-refractivity contribution in [2.24, 2.45) is 0 Å². The number of aliphatic carboxylic acids is 1. The van der Waals surface area contributed by atoms with E-state index in [-0.39, 0.29) is 5.78 Å². The lowest BCUT2D eigenvalue weighted by atomic mass is 10.1. The van der Waals surface area contributed by atoms with Crippen LogP contribution in [0.2, 0.25) is 0 Å². The number of nitrogens with zero attached hydrogens (tertiary/aromatic N) is 1. The summed E-state index contributed by atoms with van der Waals surface area (Å²) in [6.45, 7) is 3.36. The first-order chi connectivity index (χ1) is 8.59. The van der Waals surface area contributed by atoms with E-state index in [0.29, 0.717) is 18.7 Å². The van der Waals surface area contributed by atoms with Gasteiger partial charge >= 0.3 is 5.97 Å². The molecule has 2 rings (SSSR count). The van der Waals surface area contributed by atoms with Crippen molar-refractivity contribution in [3.05, 3.63) is 29.8 Å². The number of rotatable bonds is 3. The molecule has 1 fully saturated rings. The van der Waals surface area contributed by atoms with Crippen LogP contribution in [-0.2, 0) is 4.79 Å². The standard InChI is InChI=1S/C13H16N2O3/c1-9(16)10-2-4-11(5-3-10)15-7-6-14-8-12(15)13(17)18/h2-5,12,14H,6-8H2,1H3,(H,17,18). The second-order valence-corrected chi connectivity index (χ2v) is 4.35. The normalized spacial score (nSPS) is 19.6. The Hall–Kier alpha value is -1.88. The van der Waals surface area contributed by atoms with Gasteiger partial charge in [0.15, 0.2) is 5.78 Å². The van der Waals surface area contributed by atoms with Gasteiger partial charge in [0.2, 0.25) is 0 Å². The fraction of sp³-hybridized carbons (Fsp3) is 0.385. The largest absolute Gasteiger partial charge is 0.480 e. The Balaban J connectivity index is 2.23. The topological polar surface area (TPSA) is 69.6 Å². The molecule has 0 aromatic heterocycles. The fourth-order valence-electron chi connectivity index (χ4n) is 2.12. The van der Waals surface area contributed by atoms with Gasteiger partial charge in [0, 0.05) is 30.9 Å². The second-order valence-electron chi connectivity index (χ2n) is 4.35. The molecule has 0 radical (unpaired) electrons. The second kappa shape index (κ2) is 5.18. The summed E-state index contributed by atoms with van der Waals surface area (Å²) in [5.41, 5.74) is 1.48. The molecule has 0 saturated carbocycles. The van der Waals surface area contributed by atoms with Gasteiger partial charge in [-0.1, -0.05) is 0 Å². The molecule has 1 atom stereocenters. The number of benzene rings is 1. The van der Waals surface area contributed by atoms with Crippen LogP contribution in [0.15, 0.2) is 24.3 Å². The fourth-order valence-corrected chi connectivity index (χ4v) is 2.12. The van der Waals surface area contributed by atoms with E-state index in [1.54, 1.807) is 24.3 Å². The van der Waals surface area contributed by atoms with Crippen LogP contribution in [-0.4, -0.2) is 42.5 Å². The van der Waals surface area contributed by atoms with Gasteiger partial charge in [-0.2, -0.15) is 0 Å². The highest BCUT2D eigenvalue weighted by Gasteiger charge is 2.28. The van der Waals surface area contributed by atoms with Crippen LogP contribution in [0.3, 0.4) is 0 Å². The SMILES string of the molecule is CC(=O)c1ccc(N2CCNCC2C(=O)O)cc1. The minimum atomic E-state index is -0.835. The first kappa shape index (κ1) is 12.6. The highest BCUT2D eigenvalue weighted by atomic mass is 16.4. The van der Waals surface area contributed by atoms with Crippen molar-refractivity contribution in [2.45, 2.75) is 13.0 Å². The average Bonchev–Trinajstić information content (AvgIpc) is 2.39. The molecule has 0 bridgehead atoms. The van der Waals surface area contributed by atoms with Gasteiger partial charge < -0.3 is 15.3 Å². The third-order valence-electron chi connectivity index (χ3n) is 3.13. The summed E-state index contributed by atoms with van der Waals surface area (Å²) in [4.78, 5) is 24.2. The molecular weight excluding hydrogens is 232 g/mol. The molecule has 1 aliphatic heterocycles. The van der Waals surface area contributed by atoms with Gasteiger partial charge in [0.1, 0.15) is 6.04 Å². The molecule has 0 spiro atoms. The highest BCUT2D eigenvalue weighted by molar-refractivity contribution is 5.94. The predicted molar refractivity (Wildman–Crippen MR) is 68.1 cm³/mol. The number of carboxylic acids is 1. The molecule has 0 amide bonds. The van der Waals surface area contributed by atoms with Crippen molar-refractivity contribution >= 4 is 17.4 Å². The summed E-state index contributed by atoms with van der Waals surface area (Å²) in [5.74, 6) is -0.825. The van der Waals surface area contributed by atoms with Crippen LogP contribution in [0.5, 0.6) is 0 Å². The average molecular weight is 248 g/mol. The molecule has 0 aliphatic carbocycles. The van der Waals surface area contributed by atoms with Crippen LogP contribution in [0, 0.1) is 0 Å². The minimum absolute atomic E-state index is 0.0108. The van der Waals surface area contributed by atoms with E-state index in [1.807, 2.05) is 4.90 Å². The zero-order chi connectivity index (χ0) is 13.1. The molecule has 96 valence electrons. The van der Waals surface area contributed by atoms with Crippen molar-refractivity contribution < 1.29 is 14.7 Å². The molecule has 2 N–H and O–H groups in total. The van der Waals surface area contributed by atoms with E-state index in [2.05, 4.69) is 5.32 Å². The van der Waals surface area contributed by atoms with Crippen molar-refractivity contribution in [2.75, 3.05) is 24.5 Å². The van der Waals surface area contributed by atoms with Crippen LogP contribution < -0.4 is 10.2 Å². The number of hydrogen-bond donors (Lipinski definition) is 2. The third-order valence-corrected chi connectivity index (χ3v) is 3.13. The smallest absolute Gasteiger partial charge is 0.327 e. The van der Waals surface area contributed by atoms with E-state index < -0.39 is 12.0 Å². The summed E-state index contributed by atoms with van der Waals surface area (Å²) in [6, 6.07) is 6.52. The maximum Gasteiger partial charge on any atom is 0.327 e. The molecule has 1 heterocycles. The predicted octanol–water partition coefficient (Wildman–Crippen LogP) is 0.752. The molecule has 1 unspecified atom stereocenters. The Labute approximate surface area is 105 Å². The van der Waals surface area contributed by atoms with Crippen molar-refractivity contribution in [1.82, 2.24) is 5.32 Å². The monoisotopic (exact) mass is 248 g/mol. The summed E-state index contributed by atoms with van der Waals surface area (Å²) in [6.07, 6.45) is 0. The quantitative estimate of drug-likeness (QED) is 0.773. The van der Waals surface area contributed by atoms with Gasteiger partial charge in [-0.15, -0.1) is 0 Å². The lowest BCUT2D eigenvalue weighted by molar-refractivity contribution is -0.138. The molecule has 5 nitrogen and oxygen atoms in total. The van der Waals surface area contributed by atoms with Gasteiger partial charge in [-0.3, -0.25) is 4.79 Å². The number of carbonyl (C=O) groups is 2. The minimum Gasteiger partial charge on any atom is -0.480 e. The Kier molecular flexibility index (Phi) is 3.62. The number of piperazine rings is 1. The van der Waals surface area contributed by atoms with Gasteiger partial charge in [-0.05, 0) is 31.2 Å². The Morgan fingerprint density at radius 1 is 1.33 bits per heavy atom. The third kappa shape index (κ3) is 2.51. The lowest BCUT2D eigenvalue weighted by Crippen LogP contribution is -2.55. The number of carbonyl (C=O) groups excluding carboxylic acids is 1. The highest BCUT2D eigenvalue weighted by Crippen LogP contribution is 2.19. The number of Topliss-reactive ketones (excluding diaryl/α,β-unsaturated/α-hetero) is 1. The van der Waals surface area contributed by atoms with Crippen molar-refractivity contribution in [1.29, 1.82) is 0 Å². The van der Waals surface area contributed by atoms with Crippen LogP contribution >= 0.6 is 0 Å². The molecular formula is C13H16N2O3.